The fraction of sp³-hybridized carbons (Fsp3) is 0.769. The van der Waals surface area contributed by atoms with Crippen LogP contribution in [-0.2, 0) is 4.74 Å². The Morgan fingerprint density at radius 2 is 2.39 bits per heavy atom. The van der Waals surface area contributed by atoms with E-state index >= 15 is 0 Å². The molecule has 0 saturated carbocycles. The van der Waals surface area contributed by atoms with Gasteiger partial charge in [-0.15, -0.1) is 0 Å². The first kappa shape index (κ1) is 13.5. The van der Waals surface area contributed by atoms with Crippen molar-refractivity contribution >= 4 is 0 Å². The van der Waals surface area contributed by atoms with E-state index in [1.54, 1.807) is 12.5 Å². The molecule has 0 aliphatic carbocycles. The van der Waals surface area contributed by atoms with Crippen LogP contribution in [0.4, 0.5) is 0 Å². The maximum atomic E-state index is 10.7. The minimum absolute atomic E-state index is 0.275. The van der Waals surface area contributed by atoms with Crippen LogP contribution in [0.15, 0.2) is 12.5 Å². The molecule has 0 spiro atoms. The smallest absolute Gasteiger partial charge is 0.105 e. The fourth-order valence-corrected chi connectivity index (χ4v) is 2.63. The Hall–Kier alpha value is -0.910. The maximum absolute atomic E-state index is 10.7. The summed E-state index contributed by atoms with van der Waals surface area (Å²) >= 11 is 0. The highest BCUT2D eigenvalue weighted by Gasteiger charge is 2.41. The monoisotopic (exact) mass is 253 g/mol. The lowest BCUT2D eigenvalue weighted by molar-refractivity contribution is -0.0810. The second-order valence-corrected chi connectivity index (χ2v) is 5.44. The van der Waals surface area contributed by atoms with Gasteiger partial charge in [-0.3, -0.25) is 0 Å². The van der Waals surface area contributed by atoms with Gasteiger partial charge in [-0.05, 0) is 26.7 Å². The minimum atomic E-state index is -0.618. The molecule has 18 heavy (non-hydrogen) atoms. The van der Waals surface area contributed by atoms with E-state index in [1.165, 1.54) is 0 Å². The standard InChI is InChI=1S/C13H23N3O2/c1-10(2)16-9-15-6-11(16)12(17)13(7-14)4-3-5-18-8-13/h6,9-10,12,17H,3-5,7-8,14H2,1-2H3. The fourth-order valence-electron chi connectivity index (χ4n) is 2.63. The third-order valence-corrected chi connectivity index (χ3v) is 3.87. The number of aliphatic hydroxyl groups excluding tert-OH is 1. The number of rotatable bonds is 4. The predicted octanol–water partition coefficient (Wildman–Crippen LogP) is 1.25. The highest BCUT2D eigenvalue weighted by Crippen LogP contribution is 2.40. The molecule has 0 radical (unpaired) electrons. The molecule has 3 N–H and O–H groups in total. The zero-order chi connectivity index (χ0) is 13.2. The SMILES string of the molecule is CC(C)n1cncc1C(O)C1(CN)CCCOC1. The predicted molar refractivity (Wildman–Crippen MR) is 69.1 cm³/mol. The maximum Gasteiger partial charge on any atom is 0.105 e. The summed E-state index contributed by atoms with van der Waals surface area (Å²) in [6, 6.07) is 0.275. The summed E-state index contributed by atoms with van der Waals surface area (Å²) in [6.45, 7) is 5.86. The van der Waals surface area contributed by atoms with Gasteiger partial charge in [-0.1, -0.05) is 0 Å². The molecule has 2 atom stereocenters. The van der Waals surface area contributed by atoms with Gasteiger partial charge in [0, 0.05) is 24.6 Å². The summed E-state index contributed by atoms with van der Waals surface area (Å²) in [6.07, 6.45) is 4.72. The summed E-state index contributed by atoms with van der Waals surface area (Å²) in [7, 11) is 0. The Balaban J connectivity index is 2.28. The third kappa shape index (κ3) is 2.30. The van der Waals surface area contributed by atoms with E-state index < -0.39 is 6.10 Å². The molecule has 1 aromatic rings. The van der Waals surface area contributed by atoms with Crippen LogP contribution in [0.25, 0.3) is 0 Å². The summed E-state index contributed by atoms with van der Waals surface area (Å²) in [5.74, 6) is 0. The van der Waals surface area contributed by atoms with Gasteiger partial charge in [0.2, 0.25) is 0 Å². The molecule has 1 aromatic heterocycles. The van der Waals surface area contributed by atoms with Crippen LogP contribution in [0.2, 0.25) is 0 Å². The number of imidazole rings is 1. The second-order valence-electron chi connectivity index (χ2n) is 5.44. The van der Waals surface area contributed by atoms with Crippen molar-refractivity contribution in [2.24, 2.45) is 11.1 Å². The summed E-state index contributed by atoms with van der Waals surface area (Å²) in [4.78, 5) is 4.15. The number of nitrogens with two attached hydrogens (primary N) is 1. The van der Waals surface area contributed by atoms with E-state index in [4.69, 9.17) is 10.5 Å². The van der Waals surface area contributed by atoms with Crippen LogP contribution in [-0.4, -0.2) is 34.4 Å². The molecule has 2 heterocycles. The van der Waals surface area contributed by atoms with Crippen LogP contribution in [0.1, 0.15) is 44.5 Å². The Morgan fingerprint density at radius 1 is 1.61 bits per heavy atom. The van der Waals surface area contributed by atoms with Crippen molar-refractivity contribution in [1.82, 2.24) is 9.55 Å². The molecule has 2 rings (SSSR count). The Labute approximate surface area is 108 Å². The van der Waals surface area contributed by atoms with Gasteiger partial charge >= 0.3 is 0 Å². The van der Waals surface area contributed by atoms with Crippen molar-refractivity contribution < 1.29 is 9.84 Å². The normalized spacial score (nSPS) is 26.5. The van der Waals surface area contributed by atoms with Crippen molar-refractivity contribution in [3.8, 4) is 0 Å². The zero-order valence-electron chi connectivity index (χ0n) is 11.2. The topological polar surface area (TPSA) is 73.3 Å². The molecule has 2 unspecified atom stereocenters. The van der Waals surface area contributed by atoms with E-state index in [9.17, 15) is 5.11 Å². The molecule has 5 heteroatoms. The molecule has 0 bridgehead atoms. The van der Waals surface area contributed by atoms with Crippen LogP contribution >= 0.6 is 0 Å². The summed E-state index contributed by atoms with van der Waals surface area (Å²) in [5.41, 5.74) is 6.37. The van der Waals surface area contributed by atoms with E-state index in [-0.39, 0.29) is 11.5 Å². The third-order valence-electron chi connectivity index (χ3n) is 3.87. The largest absolute Gasteiger partial charge is 0.386 e. The van der Waals surface area contributed by atoms with Crippen molar-refractivity contribution in [1.29, 1.82) is 0 Å². The lowest BCUT2D eigenvalue weighted by atomic mass is 9.76. The second kappa shape index (κ2) is 5.38. The first-order valence-electron chi connectivity index (χ1n) is 6.58. The molecule has 0 amide bonds. The van der Waals surface area contributed by atoms with Crippen LogP contribution in [0.3, 0.4) is 0 Å². The Morgan fingerprint density at radius 3 is 2.94 bits per heavy atom. The van der Waals surface area contributed by atoms with E-state index in [0.29, 0.717) is 13.2 Å². The van der Waals surface area contributed by atoms with Gasteiger partial charge < -0.3 is 20.1 Å². The van der Waals surface area contributed by atoms with Crippen molar-refractivity contribution in [3.05, 3.63) is 18.2 Å². The first-order valence-corrected chi connectivity index (χ1v) is 6.58. The molecule has 1 saturated heterocycles. The number of aliphatic hydroxyl groups is 1. The Kier molecular flexibility index (Phi) is 4.04. The molecule has 5 nitrogen and oxygen atoms in total. The van der Waals surface area contributed by atoms with Crippen molar-refractivity contribution in [3.63, 3.8) is 0 Å². The number of ether oxygens (including phenoxy) is 1. The minimum Gasteiger partial charge on any atom is -0.386 e. The number of hydrogen-bond acceptors (Lipinski definition) is 4. The lowest BCUT2D eigenvalue weighted by Gasteiger charge is -2.40. The van der Waals surface area contributed by atoms with Gasteiger partial charge in [-0.2, -0.15) is 0 Å². The van der Waals surface area contributed by atoms with E-state index in [0.717, 1.165) is 25.1 Å². The molecule has 102 valence electrons. The molecule has 1 aliphatic rings. The number of aromatic nitrogens is 2. The average Bonchev–Trinajstić information content (AvgIpc) is 2.88. The molecular formula is C13H23N3O2. The first-order chi connectivity index (χ1) is 8.60. The van der Waals surface area contributed by atoms with Gasteiger partial charge in [-0.25, -0.2) is 4.98 Å². The quantitative estimate of drug-likeness (QED) is 0.847. The van der Waals surface area contributed by atoms with Crippen LogP contribution < -0.4 is 5.73 Å². The van der Waals surface area contributed by atoms with Gasteiger partial charge in [0.1, 0.15) is 6.10 Å². The lowest BCUT2D eigenvalue weighted by Crippen LogP contribution is -2.44. The van der Waals surface area contributed by atoms with Crippen molar-refractivity contribution in [2.75, 3.05) is 19.8 Å². The molecule has 1 fully saturated rings. The number of nitrogens with zero attached hydrogens (tertiary/aromatic N) is 2. The van der Waals surface area contributed by atoms with E-state index in [1.807, 2.05) is 4.57 Å². The van der Waals surface area contributed by atoms with Crippen LogP contribution in [0.5, 0.6) is 0 Å². The molecule has 0 aromatic carbocycles. The summed E-state index contributed by atoms with van der Waals surface area (Å²) in [5, 5.41) is 10.7. The highest BCUT2D eigenvalue weighted by molar-refractivity contribution is 5.10. The van der Waals surface area contributed by atoms with Gasteiger partial charge in [0.25, 0.3) is 0 Å². The Bertz CT molecular complexity index is 383. The number of hydrogen-bond donors (Lipinski definition) is 2. The molecular weight excluding hydrogens is 230 g/mol. The van der Waals surface area contributed by atoms with Gasteiger partial charge in [0.15, 0.2) is 0 Å². The van der Waals surface area contributed by atoms with Gasteiger partial charge in [0.05, 0.1) is 24.8 Å². The molecule has 1 aliphatic heterocycles. The average molecular weight is 253 g/mol. The summed E-state index contributed by atoms with van der Waals surface area (Å²) < 4.78 is 7.52. The van der Waals surface area contributed by atoms with Crippen LogP contribution in [0, 0.1) is 5.41 Å². The highest BCUT2D eigenvalue weighted by atomic mass is 16.5. The zero-order valence-corrected chi connectivity index (χ0v) is 11.2. The van der Waals surface area contributed by atoms with Crippen molar-refractivity contribution in [2.45, 2.75) is 38.8 Å². The van der Waals surface area contributed by atoms with E-state index in [2.05, 4.69) is 18.8 Å².